The van der Waals surface area contributed by atoms with E-state index in [1.54, 1.807) is 23.1 Å². The molecule has 0 bridgehead atoms. The molecule has 0 spiro atoms. The van der Waals surface area contributed by atoms with E-state index in [1.165, 1.54) is 0 Å². The molecule has 3 heterocycles. The molecule has 3 rings (SSSR count). The zero-order valence-corrected chi connectivity index (χ0v) is 16.2. The molecule has 7 nitrogen and oxygen atoms in total. The van der Waals surface area contributed by atoms with E-state index in [1.807, 2.05) is 23.2 Å². The zero-order valence-electron chi connectivity index (χ0n) is 14.6. The Balaban J connectivity index is 0.00000169. The van der Waals surface area contributed by atoms with Crippen LogP contribution in [-0.4, -0.2) is 44.7 Å². The van der Waals surface area contributed by atoms with Crippen molar-refractivity contribution in [2.45, 2.75) is 38.3 Å². The highest BCUT2D eigenvalue weighted by atomic mass is 35.5. The average Bonchev–Trinajstić information content (AvgIpc) is 3.00. The number of nitrogens with one attached hydrogen (secondary N) is 1. The molecule has 1 saturated heterocycles. The second-order valence-electron chi connectivity index (χ2n) is 6.14. The van der Waals surface area contributed by atoms with Gasteiger partial charge in [0.05, 0.1) is 11.9 Å². The van der Waals surface area contributed by atoms with Crippen LogP contribution in [0.1, 0.15) is 25.7 Å². The summed E-state index contributed by atoms with van der Waals surface area (Å²) < 4.78 is 1.80. The van der Waals surface area contributed by atoms with E-state index in [4.69, 9.17) is 5.73 Å². The Morgan fingerprint density at radius 3 is 2.81 bits per heavy atom. The normalized spacial score (nSPS) is 16.8. The molecule has 0 saturated carbocycles. The van der Waals surface area contributed by atoms with E-state index in [0.717, 1.165) is 38.0 Å². The van der Waals surface area contributed by atoms with Gasteiger partial charge in [-0.15, -0.1) is 24.8 Å². The molecule has 144 valence electrons. The smallest absolute Gasteiger partial charge is 0.224 e. The molecule has 1 amide bonds. The van der Waals surface area contributed by atoms with Crippen molar-refractivity contribution in [1.29, 1.82) is 0 Å². The molecule has 1 unspecified atom stereocenters. The van der Waals surface area contributed by atoms with Gasteiger partial charge in [0, 0.05) is 44.5 Å². The fourth-order valence-electron chi connectivity index (χ4n) is 3.02. The maximum Gasteiger partial charge on any atom is 0.224 e. The van der Waals surface area contributed by atoms with Crippen LogP contribution in [0, 0.1) is 0 Å². The van der Waals surface area contributed by atoms with Gasteiger partial charge in [-0.05, 0) is 37.5 Å². The quantitative estimate of drug-likeness (QED) is 0.804. The van der Waals surface area contributed by atoms with Crippen molar-refractivity contribution in [2.24, 2.45) is 0 Å². The van der Waals surface area contributed by atoms with Crippen LogP contribution < -0.4 is 11.1 Å². The fraction of sp³-hybridized carbons (Fsp3) is 0.471. The number of nitrogens with two attached hydrogens (primary N) is 1. The maximum absolute atomic E-state index is 12.4. The number of likely N-dealkylation sites (tertiary alicyclic amines) is 1. The highest BCUT2D eigenvalue weighted by Gasteiger charge is 2.20. The molecule has 1 aliphatic heterocycles. The number of pyridine rings is 1. The second kappa shape index (κ2) is 10.9. The number of amides is 1. The van der Waals surface area contributed by atoms with Crippen molar-refractivity contribution < 1.29 is 4.79 Å². The Hall–Kier alpha value is -1.99. The molecular weight excluding hydrogens is 375 g/mol. The molecule has 2 aromatic heterocycles. The second-order valence-corrected chi connectivity index (χ2v) is 6.14. The van der Waals surface area contributed by atoms with Gasteiger partial charge in [-0.3, -0.25) is 9.48 Å². The summed E-state index contributed by atoms with van der Waals surface area (Å²) in [7, 11) is 0. The zero-order chi connectivity index (χ0) is 16.8. The number of anilines is 2. The van der Waals surface area contributed by atoms with E-state index in [-0.39, 0.29) is 30.7 Å². The third kappa shape index (κ3) is 6.38. The molecule has 1 atom stereocenters. The minimum absolute atomic E-state index is 0. The van der Waals surface area contributed by atoms with Crippen LogP contribution in [0.3, 0.4) is 0 Å². The minimum atomic E-state index is 0. The topological polar surface area (TPSA) is 89.1 Å². The van der Waals surface area contributed by atoms with Gasteiger partial charge in [0.1, 0.15) is 5.82 Å². The van der Waals surface area contributed by atoms with Gasteiger partial charge in [0.2, 0.25) is 5.91 Å². The Kier molecular flexibility index (Phi) is 9.23. The van der Waals surface area contributed by atoms with E-state index in [9.17, 15) is 4.79 Å². The summed E-state index contributed by atoms with van der Waals surface area (Å²) in [4.78, 5) is 18.5. The lowest BCUT2D eigenvalue weighted by atomic mass is 10.1. The van der Waals surface area contributed by atoms with E-state index < -0.39 is 0 Å². The summed E-state index contributed by atoms with van der Waals surface area (Å²) in [6.07, 6.45) is 8.88. The van der Waals surface area contributed by atoms with Gasteiger partial charge < -0.3 is 16.0 Å². The molecule has 3 N–H and O–H groups in total. The molecule has 1 fully saturated rings. The number of hydrogen-bond donors (Lipinski definition) is 2. The first-order chi connectivity index (χ1) is 11.7. The standard InChI is InChI=1S/C17H24N6O.2ClH/c18-16-5-4-15(13-19-16)21-14-3-1-9-22(11-6-14)17(24)7-12-23-10-2-8-20-23;;/h2,4-5,8,10,13-14,21H,1,3,6-7,9,11-12H2,(H2,18,19);2*1H. The molecule has 0 aliphatic carbocycles. The van der Waals surface area contributed by atoms with Gasteiger partial charge in [0.25, 0.3) is 0 Å². The van der Waals surface area contributed by atoms with E-state index in [0.29, 0.717) is 24.8 Å². The average molecular weight is 401 g/mol. The van der Waals surface area contributed by atoms with Crippen LogP contribution in [0.4, 0.5) is 11.5 Å². The predicted molar refractivity (Wildman–Crippen MR) is 108 cm³/mol. The number of carbonyl (C=O) groups excluding carboxylic acids is 1. The van der Waals surface area contributed by atoms with Crippen molar-refractivity contribution in [2.75, 3.05) is 24.1 Å². The van der Waals surface area contributed by atoms with Gasteiger partial charge in [-0.1, -0.05) is 0 Å². The Bertz CT molecular complexity index is 650. The molecule has 0 aromatic carbocycles. The van der Waals surface area contributed by atoms with E-state index >= 15 is 0 Å². The summed E-state index contributed by atoms with van der Waals surface area (Å²) in [5.74, 6) is 0.732. The van der Waals surface area contributed by atoms with Gasteiger partial charge >= 0.3 is 0 Å². The lowest BCUT2D eigenvalue weighted by Crippen LogP contribution is -2.33. The van der Waals surface area contributed by atoms with Crippen molar-refractivity contribution in [3.63, 3.8) is 0 Å². The summed E-state index contributed by atoms with van der Waals surface area (Å²) in [5.41, 5.74) is 6.59. The summed E-state index contributed by atoms with van der Waals surface area (Å²) in [6, 6.07) is 5.97. The lowest BCUT2D eigenvalue weighted by Gasteiger charge is -2.21. The van der Waals surface area contributed by atoms with Gasteiger partial charge in [0.15, 0.2) is 0 Å². The molecule has 0 radical (unpaired) electrons. The van der Waals surface area contributed by atoms with Crippen molar-refractivity contribution in [3.05, 3.63) is 36.8 Å². The third-order valence-electron chi connectivity index (χ3n) is 4.35. The third-order valence-corrected chi connectivity index (χ3v) is 4.35. The largest absolute Gasteiger partial charge is 0.384 e. The number of nitrogens with zero attached hydrogens (tertiary/aromatic N) is 4. The summed E-state index contributed by atoms with van der Waals surface area (Å²) in [6.45, 7) is 2.26. The first-order valence-electron chi connectivity index (χ1n) is 8.44. The minimum Gasteiger partial charge on any atom is -0.384 e. The van der Waals surface area contributed by atoms with Crippen LogP contribution >= 0.6 is 24.8 Å². The molecular formula is C17H26Cl2N6O. The summed E-state index contributed by atoms with van der Waals surface area (Å²) in [5, 5.41) is 7.63. The van der Waals surface area contributed by atoms with Crippen LogP contribution in [0.15, 0.2) is 36.8 Å². The number of nitrogen functional groups attached to an aromatic ring is 1. The van der Waals surface area contributed by atoms with Crippen molar-refractivity contribution in [1.82, 2.24) is 19.7 Å². The number of aromatic nitrogens is 3. The number of rotatable bonds is 5. The van der Waals surface area contributed by atoms with Crippen molar-refractivity contribution >= 4 is 42.2 Å². The highest BCUT2D eigenvalue weighted by Crippen LogP contribution is 2.17. The van der Waals surface area contributed by atoms with E-state index in [2.05, 4.69) is 15.4 Å². The predicted octanol–water partition coefficient (Wildman–Crippen LogP) is 2.59. The monoisotopic (exact) mass is 400 g/mol. The van der Waals surface area contributed by atoms with Crippen molar-refractivity contribution in [3.8, 4) is 0 Å². The number of carbonyl (C=O) groups is 1. The van der Waals surface area contributed by atoms with Gasteiger partial charge in [-0.2, -0.15) is 5.10 Å². The number of aryl methyl sites for hydroxylation is 1. The molecule has 9 heteroatoms. The van der Waals surface area contributed by atoms with Crippen LogP contribution in [0.5, 0.6) is 0 Å². The fourth-order valence-corrected chi connectivity index (χ4v) is 3.02. The first-order valence-corrected chi connectivity index (χ1v) is 8.44. The molecule has 2 aromatic rings. The van der Waals surface area contributed by atoms with Crippen LogP contribution in [0.2, 0.25) is 0 Å². The van der Waals surface area contributed by atoms with Crippen LogP contribution in [0.25, 0.3) is 0 Å². The highest BCUT2D eigenvalue weighted by molar-refractivity contribution is 5.85. The maximum atomic E-state index is 12.4. The SMILES string of the molecule is Cl.Cl.Nc1ccc(NC2CCCN(C(=O)CCn3cccn3)CC2)cn1. The molecule has 1 aliphatic rings. The Morgan fingerprint density at radius 2 is 2.12 bits per heavy atom. The summed E-state index contributed by atoms with van der Waals surface area (Å²) >= 11 is 0. The lowest BCUT2D eigenvalue weighted by molar-refractivity contribution is -0.131. The Morgan fingerprint density at radius 1 is 1.27 bits per heavy atom. The Labute approximate surface area is 166 Å². The number of halogens is 2. The molecule has 26 heavy (non-hydrogen) atoms. The van der Waals surface area contributed by atoms with Gasteiger partial charge in [-0.25, -0.2) is 4.98 Å². The number of hydrogen-bond acceptors (Lipinski definition) is 5. The first kappa shape index (κ1) is 22.1. The van der Waals surface area contributed by atoms with Crippen LogP contribution in [-0.2, 0) is 11.3 Å².